The fraction of sp³-hybridized carbons (Fsp3) is 0.750. The highest BCUT2D eigenvalue weighted by Gasteiger charge is 2.25. The number of carbonyl (C=O) groups excluding carboxylic acids is 2. The lowest BCUT2D eigenvalue weighted by Crippen LogP contribution is -2.56. The monoisotopic (exact) mass is 185 g/mol. The Morgan fingerprint density at radius 3 is 2.92 bits per heavy atom. The lowest BCUT2D eigenvalue weighted by molar-refractivity contribution is -0.139. The van der Waals surface area contributed by atoms with Crippen LogP contribution < -0.4 is 5.32 Å². The number of hydrogen-bond donors (Lipinski definition) is 1. The molecule has 74 valence electrons. The standard InChI is InChI=1S/C8H15N3O2/c1-10-4-3-9-7(5-10)8(13)11(2)6-12/h6-7,9H,3-5H2,1-2H3. The molecule has 0 radical (unpaired) electrons. The van der Waals surface area contributed by atoms with Gasteiger partial charge in [0, 0.05) is 26.7 Å². The van der Waals surface area contributed by atoms with E-state index >= 15 is 0 Å². The average Bonchev–Trinajstić information content (AvgIpc) is 2.15. The number of rotatable bonds is 2. The molecule has 1 fully saturated rings. The third-order valence-corrected chi connectivity index (χ3v) is 2.18. The van der Waals surface area contributed by atoms with E-state index in [1.807, 2.05) is 7.05 Å². The molecule has 1 heterocycles. The first-order valence-corrected chi connectivity index (χ1v) is 4.29. The van der Waals surface area contributed by atoms with Gasteiger partial charge in [-0.2, -0.15) is 0 Å². The summed E-state index contributed by atoms with van der Waals surface area (Å²) in [4.78, 5) is 25.0. The van der Waals surface area contributed by atoms with Crippen molar-refractivity contribution in [3.05, 3.63) is 0 Å². The predicted octanol–water partition coefficient (Wildman–Crippen LogP) is -1.50. The fourth-order valence-corrected chi connectivity index (χ4v) is 1.36. The lowest BCUT2D eigenvalue weighted by Gasteiger charge is -2.30. The van der Waals surface area contributed by atoms with Crippen molar-refractivity contribution in [2.24, 2.45) is 0 Å². The van der Waals surface area contributed by atoms with Gasteiger partial charge in [-0.05, 0) is 7.05 Å². The molecule has 0 aromatic carbocycles. The molecule has 0 aliphatic carbocycles. The number of likely N-dealkylation sites (N-methyl/N-ethyl adjacent to an activating group) is 2. The van der Waals surface area contributed by atoms with E-state index in [0.29, 0.717) is 13.0 Å². The maximum atomic E-state index is 11.5. The summed E-state index contributed by atoms with van der Waals surface area (Å²) in [6.07, 6.45) is 0.540. The van der Waals surface area contributed by atoms with E-state index in [0.717, 1.165) is 18.0 Å². The molecule has 5 heteroatoms. The van der Waals surface area contributed by atoms with Crippen molar-refractivity contribution in [2.45, 2.75) is 6.04 Å². The predicted molar refractivity (Wildman–Crippen MR) is 48.1 cm³/mol. The highest BCUT2D eigenvalue weighted by molar-refractivity contribution is 5.90. The maximum absolute atomic E-state index is 11.5. The number of carbonyl (C=O) groups is 2. The second-order valence-corrected chi connectivity index (χ2v) is 3.32. The molecular formula is C8H15N3O2. The van der Waals surface area contributed by atoms with Gasteiger partial charge in [0.25, 0.3) is 0 Å². The number of hydrogen-bond acceptors (Lipinski definition) is 4. The van der Waals surface area contributed by atoms with E-state index in [-0.39, 0.29) is 11.9 Å². The largest absolute Gasteiger partial charge is 0.304 e. The molecule has 5 nitrogen and oxygen atoms in total. The van der Waals surface area contributed by atoms with Crippen molar-refractivity contribution in [3.63, 3.8) is 0 Å². The van der Waals surface area contributed by atoms with Gasteiger partial charge < -0.3 is 10.2 Å². The summed E-state index contributed by atoms with van der Waals surface area (Å²) in [6.45, 7) is 2.39. The van der Waals surface area contributed by atoms with Crippen LogP contribution in [0, 0.1) is 0 Å². The molecule has 1 saturated heterocycles. The van der Waals surface area contributed by atoms with Crippen molar-refractivity contribution in [2.75, 3.05) is 33.7 Å². The summed E-state index contributed by atoms with van der Waals surface area (Å²) >= 11 is 0. The molecule has 0 bridgehead atoms. The van der Waals surface area contributed by atoms with Gasteiger partial charge in [-0.25, -0.2) is 0 Å². The summed E-state index contributed by atoms with van der Waals surface area (Å²) in [6, 6.07) is -0.242. The highest BCUT2D eigenvalue weighted by Crippen LogP contribution is 1.98. The van der Waals surface area contributed by atoms with Gasteiger partial charge in [-0.3, -0.25) is 14.5 Å². The molecule has 1 atom stereocenters. The van der Waals surface area contributed by atoms with Gasteiger partial charge in [0.15, 0.2) is 0 Å². The van der Waals surface area contributed by atoms with Crippen LogP contribution in [0.2, 0.25) is 0 Å². The lowest BCUT2D eigenvalue weighted by atomic mass is 10.2. The molecule has 13 heavy (non-hydrogen) atoms. The Bertz CT molecular complexity index is 208. The van der Waals surface area contributed by atoms with Gasteiger partial charge >= 0.3 is 0 Å². The molecule has 0 aromatic heterocycles. The van der Waals surface area contributed by atoms with Crippen molar-refractivity contribution in [1.29, 1.82) is 0 Å². The van der Waals surface area contributed by atoms with Crippen molar-refractivity contribution < 1.29 is 9.59 Å². The smallest absolute Gasteiger partial charge is 0.247 e. The van der Waals surface area contributed by atoms with E-state index in [4.69, 9.17) is 0 Å². The SMILES string of the molecule is CN1CCNC(C(=O)N(C)C=O)C1. The molecule has 0 saturated carbocycles. The van der Waals surface area contributed by atoms with Crippen LogP contribution in [0.25, 0.3) is 0 Å². The highest BCUT2D eigenvalue weighted by atomic mass is 16.2. The van der Waals surface area contributed by atoms with Gasteiger partial charge in [-0.15, -0.1) is 0 Å². The zero-order valence-electron chi connectivity index (χ0n) is 7.99. The quantitative estimate of drug-likeness (QED) is 0.532. The van der Waals surface area contributed by atoms with Gasteiger partial charge in [-0.1, -0.05) is 0 Å². The zero-order valence-corrected chi connectivity index (χ0v) is 7.99. The van der Waals surface area contributed by atoms with Gasteiger partial charge in [0.05, 0.1) is 0 Å². The number of amides is 2. The minimum absolute atomic E-state index is 0.165. The molecule has 1 rings (SSSR count). The van der Waals surface area contributed by atoms with E-state index < -0.39 is 0 Å². The molecule has 0 aromatic rings. The third-order valence-electron chi connectivity index (χ3n) is 2.18. The van der Waals surface area contributed by atoms with Crippen molar-refractivity contribution in [3.8, 4) is 0 Å². The third kappa shape index (κ3) is 2.50. The van der Waals surface area contributed by atoms with Crippen molar-refractivity contribution in [1.82, 2.24) is 15.1 Å². The van der Waals surface area contributed by atoms with Crippen molar-refractivity contribution >= 4 is 12.3 Å². The topological polar surface area (TPSA) is 52.7 Å². The van der Waals surface area contributed by atoms with Crippen LogP contribution >= 0.6 is 0 Å². The maximum Gasteiger partial charge on any atom is 0.247 e. The van der Waals surface area contributed by atoms with Crippen LogP contribution in [0.4, 0.5) is 0 Å². The Hall–Kier alpha value is -0.940. The molecule has 1 aliphatic rings. The first kappa shape index (κ1) is 10.1. The first-order valence-electron chi connectivity index (χ1n) is 4.29. The van der Waals surface area contributed by atoms with Gasteiger partial charge in [0.2, 0.25) is 12.3 Å². The van der Waals surface area contributed by atoms with E-state index in [2.05, 4.69) is 10.2 Å². The summed E-state index contributed by atoms with van der Waals surface area (Å²) in [7, 11) is 3.44. The average molecular weight is 185 g/mol. The normalized spacial score (nSPS) is 24.0. The minimum Gasteiger partial charge on any atom is -0.304 e. The second-order valence-electron chi connectivity index (χ2n) is 3.32. The number of nitrogens with one attached hydrogen (secondary N) is 1. The zero-order chi connectivity index (χ0) is 9.84. The van der Waals surface area contributed by atoms with Gasteiger partial charge in [0.1, 0.15) is 6.04 Å². The Balaban J connectivity index is 2.50. The minimum atomic E-state index is -0.242. The summed E-state index contributed by atoms with van der Waals surface area (Å²) in [5.41, 5.74) is 0. The molecule has 0 spiro atoms. The van der Waals surface area contributed by atoms with E-state index in [9.17, 15) is 9.59 Å². The Kier molecular flexibility index (Phi) is 3.39. The molecule has 2 amide bonds. The molecule has 1 N–H and O–H groups in total. The number of imide groups is 1. The Morgan fingerprint density at radius 2 is 2.38 bits per heavy atom. The molecular weight excluding hydrogens is 170 g/mol. The second kappa shape index (κ2) is 4.34. The van der Waals surface area contributed by atoms with Crippen LogP contribution in [-0.4, -0.2) is 61.9 Å². The number of nitrogens with zero attached hydrogens (tertiary/aromatic N) is 2. The number of piperazine rings is 1. The Morgan fingerprint density at radius 1 is 1.69 bits per heavy atom. The molecule has 1 unspecified atom stereocenters. The van der Waals surface area contributed by atoms with Crippen LogP contribution in [0.3, 0.4) is 0 Å². The summed E-state index contributed by atoms with van der Waals surface area (Å²) in [5.74, 6) is -0.165. The van der Waals surface area contributed by atoms with Crippen LogP contribution in [-0.2, 0) is 9.59 Å². The van der Waals surface area contributed by atoms with E-state index in [1.54, 1.807) is 0 Å². The van der Waals surface area contributed by atoms with E-state index in [1.165, 1.54) is 7.05 Å². The first-order chi connectivity index (χ1) is 6.15. The van der Waals surface area contributed by atoms with Crippen LogP contribution in [0.5, 0.6) is 0 Å². The van der Waals surface area contributed by atoms with Crippen LogP contribution in [0.15, 0.2) is 0 Å². The molecule has 1 aliphatic heterocycles. The summed E-state index contributed by atoms with van der Waals surface area (Å²) < 4.78 is 0. The summed E-state index contributed by atoms with van der Waals surface area (Å²) in [5, 5.41) is 3.07. The van der Waals surface area contributed by atoms with Crippen LogP contribution in [0.1, 0.15) is 0 Å². The Labute approximate surface area is 77.7 Å². The fourth-order valence-electron chi connectivity index (χ4n) is 1.36.